The first-order valence-corrected chi connectivity index (χ1v) is 14.3. The Morgan fingerprint density at radius 1 is 0.919 bits per heavy atom. The van der Waals surface area contributed by atoms with Crippen LogP contribution in [0.15, 0.2) is 77.7 Å². The van der Waals surface area contributed by atoms with Crippen LogP contribution in [0.3, 0.4) is 0 Å². The minimum absolute atomic E-state index is 0.119. The van der Waals surface area contributed by atoms with Crippen molar-refractivity contribution in [2.45, 2.75) is 62.6 Å². The zero-order valence-electron chi connectivity index (χ0n) is 21.5. The van der Waals surface area contributed by atoms with Crippen molar-refractivity contribution < 1.29 is 18.0 Å². The van der Waals surface area contributed by atoms with E-state index in [1.54, 1.807) is 25.1 Å². The van der Waals surface area contributed by atoms with E-state index in [-0.39, 0.29) is 29.9 Å². The van der Waals surface area contributed by atoms with Gasteiger partial charge in [-0.3, -0.25) is 9.59 Å². The minimum Gasteiger partial charge on any atom is -0.352 e. The van der Waals surface area contributed by atoms with Crippen molar-refractivity contribution in [1.29, 1.82) is 0 Å². The summed E-state index contributed by atoms with van der Waals surface area (Å²) in [5.74, 6) is -0.641. The summed E-state index contributed by atoms with van der Waals surface area (Å²) in [4.78, 5) is 28.3. The van der Waals surface area contributed by atoms with Gasteiger partial charge < -0.3 is 10.2 Å². The number of amides is 2. The standard InChI is InChI=1S/C29H35N3O4S/c1-22(29(34)30-26-15-7-4-8-16-26)32(20-23-11-5-3-6-12-23)28(33)21-31(2)37(35,36)27-18-17-24-13-9-10-14-25(24)19-27/h3,5-6,9-14,17-19,22,26H,4,7-8,15-16,20-21H2,1-2H3,(H,30,34)/t22-/m0/s1. The molecule has 0 spiro atoms. The molecule has 0 bridgehead atoms. The van der Waals surface area contributed by atoms with Gasteiger partial charge in [-0.15, -0.1) is 0 Å². The van der Waals surface area contributed by atoms with E-state index in [1.807, 2.05) is 54.6 Å². The Morgan fingerprint density at radius 3 is 2.27 bits per heavy atom. The molecule has 1 atom stereocenters. The molecule has 1 aliphatic carbocycles. The number of sulfonamides is 1. The van der Waals surface area contributed by atoms with Crippen LogP contribution in [0, 0.1) is 0 Å². The summed E-state index contributed by atoms with van der Waals surface area (Å²) in [7, 11) is -2.52. The third-order valence-electron chi connectivity index (χ3n) is 7.10. The van der Waals surface area contributed by atoms with Crippen LogP contribution in [0.25, 0.3) is 10.8 Å². The third kappa shape index (κ3) is 6.56. The molecular weight excluding hydrogens is 486 g/mol. The van der Waals surface area contributed by atoms with Crippen LogP contribution in [0.2, 0.25) is 0 Å². The number of fused-ring (bicyclic) bond motifs is 1. The van der Waals surface area contributed by atoms with E-state index >= 15 is 0 Å². The highest BCUT2D eigenvalue weighted by Gasteiger charge is 2.31. The lowest BCUT2D eigenvalue weighted by molar-refractivity contribution is -0.141. The van der Waals surface area contributed by atoms with Gasteiger partial charge in [0, 0.05) is 19.6 Å². The molecule has 1 saturated carbocycles. The second kappa shape index (κ2) is 11.9. The molecule has 8 heteroatoms. The first kappa shape index (κ1) is 26.8. The molecule has 0 aliphatic heterocycles. The average Bonchev–Trinajstić information content (AvgIpc) is 2.92. The lowest BCUT2D eigenvalue weighted by atomic mass is 9.95. The largest absolute Gasteiger partial charge is 0.352 e. The predicted octanol–water partition coefficient (Wildman–Crippen LogP) is 4.33. The summed E-state index contributed by atoms with van der Waals surface area (Å²) in [6, 6.07) is 21.3. The second-order valence-electron chi connectivity index (χ2n) is 9.80. The van der Waals surface area contributed by atoms with Crippen LogP contribution in [-0.2, 0) is 26.2 Å². The number of nitrogens with one attached hydrogen (secondary N) is 1. The summed E-state index contributed by atoms with van der Waals surface area (Å²) < 4.78 is 27.7. The van der Waals surface area contributed by atoms with Gasteiger partial charge in [-0.1, -0.05) is 79.9 Å². The molecular formula is C29H35N3O4S. The fourth-order valence-electron chi connectivity index (χ4n) is 4.81. The number of hydrogen-bond donors (Lipinski definition) is 1. The van der Waals surface area contributed by atoms with Crippen LogP contribution < -0.4 is 5.32 Å². The van der Waals surface area contributed by atoms with E-state index in [0.29, 0.717) is 0 Å². The van der Waals surface area contributed by atoms with Gasteiger partial charge in [0.05, 0.1) is 11.4 Å². The van der Waals surface area contributed by atoms with Gasteiger partial charge in [0.25, 0.3) is 0 Å². The van der Waals surface area contributed by atoms with Crippen molar-refractivity contribution in [2.24, 2.45) is 0 Å². The number of carbonyl (C=O) groups excluding carboxylic acids is 2. The van der Waals surface area contributed by atoms with Crippen molar-refractivity contribution in [3.05, 3.63) is 78.4 Å². The Labute approximate surface area is 219 Å². The summed E-state index contributed by atoms with van der Waals surface area (Å²) >= 11 is 0. The van der Waals surface area contributed by atoms with Crippen molar-refractivity contribution in [3.63, 3.8) is 0 Å². The molecule has 3 aromatic rings. The van der Waals surface area contributed by atoms with Crippen molar-refractivity contribution in [2.75, 3.05) is 13.6 Å². The summed E-state index contributed by atoms with van der Waals surface area (Å²) in [5, 5.41) is 4.85. The maximum absolute atomic E-state index is 13.5. The Bertz CT molecular complexity index is 1340. The summed E-state index contributed by atoms with van der Waals surface area (Å²) in [6.07, 6.45) is 5.24. The number of likely N-dealkylation sites (N-methyl/N-ethyl adjacent to an activating group) is 1. The number of hydrogen-bond acceptors (Lipinski definition) is 4. The van der Waals surface area contributed by atoms with Crippen molar-refractivity contribution in [3.8, 4) is 0 Å². The van der Waals surface area contributed by atoms with Gasteiger partial charge in [-0.05, 0) is 48.2 Å². The summed E-state index contributed by atoms with van der Waals surface area (Å²) in [5.41, 5.74) is 0.869. The lowest BCUT2D eigenvalue weighted by Gasteiger charge is -2.32. The molecule has 0 aromatic heterocycles. The van der Waals surface area contributed by atoms with Gasteiger partial charge in [0.1, 0.15) is 6.04 Å². The molecule has 0 heterocycles. The van der Waals surface area contributed by atoms with Gasteiger partial charge in [0.15, 0.2) is 0 Å². The molecule has 7 nitrogen and oxygen atoms in total. The SMILES string of the molecule is C[C@@H](C(=O)NC1CCCCC1)N(Cc1ccccc1)C(=O)CN(C)S(=O)(=O)c1ccc2ccccc2c1. The monoisotopic (exact) mass is 521 g/mol. The molecule has 37 heavy (non-hydrogen) atoms. The van der Waals surface area contributed by atoms with E-state index < -0.39 is 22.0 Å². The molecule has 196 valence electrons. The van der Waals surface area contributed by atoms with Gasteiger partial charge >= 0.3 is 0 Å². The highest BCUT2D eigenvalue weighted by Crippen LogP contribution is 2.22. The van der Waals surface area contributed by atoms with E-state index in [9.17, 15) is 18.0 Å². The van der Waals surface area contributed by atoms with Gasteiger partial charge in [-0.25, -0.2) is 8.42 Å². The second-order valence-corrected chi connectivity index (χ2v) is 11.8. The Balaban J connectivity index is 1.52. The highest BCUT2D eigenvalue weighted by molar-refractivity contribution is 7.89. The first-order valence-electron chi connectivity index (χ1n) is 12.8. The number of carbonyl (C=O) groups is 2. The first-order chi connectivity index (χ1) is 17.8. The van der Waals surface area contributed by atoms with Crippen LogP contribution in [0.1, 0.15) is 44.6 Å². The van der Waals surface area contributed by atoms with Crippen molar-refractivity contribution in [1.82, 2.24) is 14.5 Å². The molecule has 0 unspecified atom stereocenters. The topological polar surface area (TPSA) is 86.8 Å². The fourth-order valence-corrected chi connectivity index (χ4v) is 5.96. The number of benzene rings is 3. The van der Waals surface area contributed by atoms with E-state index in [2.05, 4.69) is 5.32 Å². The zero-order chi connectivity index (χ0) is 26.4. The van der Waals surface area contributed by atoms with Crippen LogP contribution in [0.4, 0.5) is 0 Å². The molecule has 1 N–H and O–H groups in total. The molecule has 2 amide bonds. The molecule has 1 fully saturated rings. The Kier molecular flexibility index (Phi) is 8.61. The zero-order valence-corrected chi connectivity index (χ0v) is 22.3. The quantitative estimate of drug-likeness (QED) is 0.454. The summed E-state index contributed by atoms with van der Waals surface area (Å²) in [6.45, 7) is 1.54. The van der Waals surface area contributed by atoms with Crippen LogP contribution in [0.5, 0.6) is 0 Å². The van der Waals surface area contributed by atoms with Crippen LogP contribution in [-0.4, -0.2) is 55.1 Å². The third-order valence-corrected chi connectivity index (χ3v) is 8.90. The van der Waals surface area contributed by atoms with Crippen LogP contribution >= 0.6 is 0 Å². The van der Waals surface area contributed by atoms with E-state index in [4.69, 9.17) is 0 Å². The smallest absolute Gasteiger partial charge is 0.243 e. The normalized spacial score (nSPS) is 15.4. The number of nitrogens with zero attached hydrogens (tertiary/aromatic N) is 2. The van der Waals surface area contributed by atoms with E-state index in [1.165, 1.54) is 18.4 Å². The van der Waals surface area contributed by atoms with E-state index in [0.717, 1.165) is 46.3 Å². The number of rotatable bonds is 9. The minimum atomic E-state index is -3.92. The molecule has 1 aliphatic rings. The van der Waals surface area contributed by atoms with Crippen molar-refractivity contribution >= 4 is 32.6 Å². The predicted molar refractivity (Wildman–Crippen MR) is 145 cm³/mol. The maximum Gasteiger partial charge on any atom is 0.243 e. The Morgan fingerprint density at radius 2 is 1.57 bits per heavy atom. The molecule has 3 aromatic carbocycles. The fraction of sp³-hybridized carbons (Fsp3) is 0.379. The maximum atomic E-state index is 13.5. The molecule has 0 radical (unpaired) electrons. The van der Waals surface area contributed by atoms with Gasteiger partial charge in [-0.2, -0.15) is 4.31 Å². The molecule has 4 rings (SSSR count). The lowest BCUT2D eigenvalue weighted by Crippen LogP contribution is -2.52. The van der Waals surface area contributed by atoms with Gasteiger partial charge in [0.2, 0.25) is 21.8 Å². The average molecular weight is 522 g/mol. The highest BCUT2D eigenvalue weighted by atomic mass is 32.2. The molecule has 0 saturated heterocycles. The Hall–Kier alpha value is -3.23.